The molecule has 3 rings (SSSR count). The van der Waals surface area contributed by atoms with Gasteiger partial charge in [0.2, 0.25) is 12.7 Å². The summed E-state index contributed by atoms with van der Waals surface area (Å²) in [6, 6.07) is 18.2. The zero-order valence-corrected chi connectivity index (χ0v) is 19.3. The minimum Gasteiger partial charge on any atom is -0.304 e. The Bertz CT molecular complexity index is 1130. The molecule has 0 fully saturated rings. The summed E-state index contributed by atoms with van der Waals surface area (Å²) in [6.45, 7) is 7.51. The van der Waals surface area contributed by atoms with Crippen molar-refractivity contribution in [3.8, 4) is 0 Å². The molecule has 0 spiro atoms. The van der Waals surface area contributed by atoms with E-state index in [1.165, 1.54) is 0 Å². The number of aryl methyl sites for hydroxylation is 4. The van der Waals surface area contributed by atoms with Gasteiger partial charge in [-0.1, -0.05) is 84.0 Å². The Morgan fingerprint density at radius 3 is 2.00 bits per heavy atom. The molecule has 0 bridgehead atoms. The molecule has 2 nitrogen and oxygen atoms in total. The first-order chi connectivity index (χ1) is 13.7. The molecule has 0 amide bonds. The summed E-state index contributed by atoms with van der Waals surface area (Å²) in [5.74, 6) is 0. The number of carbonyl (C=O) groups excluding carboxylic acids is 1. The van der Waals surface area contributed by atoms with Gasteiger partial charge in [0.15, 0.2) is 0 Å². The van der Waals surface area contributed by atoms with Crippen molar-refractivity contribution in [3.05, 3.63) is 99.1 Å². The first kappa shape index (κ1) is 21.6. The SMILES string of the molecule is Cc1cc(C)c(C(=O)P(=O)(C(=S)c2ccccc2)c2c(C)cccc2Cl)c(C)c1. The molecular formula is C24H22ClO2PS. The Kier molecular flexibility index (Phi) is 6.24. The summed E-state index contributed by atoms with van der Waals surface area (Å²) in [6.07, 6.45) is 0. The molecule has 1 atom stereocenters. The van der Waals surface area contributed by atoms with E-state index in [-0.39, 0.29) is 4.61 Å². The largest absolute Gasteiger partial charge is 0.304 e. The van der Waals surface area contributed by atoms with E-state index in [0.717, 1.165) is 16.7 Å². The molecule has 0 aliphatic rings. The van der Waals surface area contributed by atoms with Crippen LogP contribution >= 0.6 is 31.0 Å². The molecule has 5 heteroatoms. The fraction of sp³-hybridized carbons (Fsp3) is 0.167. The van der Waals surface area contributed by atoms with E-state index in [2.05, 4.69) is 0 Å². The zero-order chi connectivity index (χ0) is 21.3. The second kappa shape index (κ2) is 8.36. The average molecular weight is 441 g/mol. The van der Waals surface area contributed by atoms with E-state index >= 15 is 0 Å². The summed E-state index contributed by atoms with van der Waals surface area (Å²) in [5, 5.41) is 0.627. The van der Waals surface area contributed by atoms with Gasteiger partial charge in [0.05, 0.1) is 9.63 Å². The van der Waals surface area contributed by atoms with Crippen LogP contribution in [0.1, 0.15) is 38.2 Å². The second-order valence-electron chi connectivity index (χ2n) is 7.26. The van der Waals surface area contributed by atoms with Crippen molar-refractivity contribution >= 4 is 46.4 Å². The number of hydrogen-bond donors (Lipinski definition) is 0. The van der Waals surface area contributed by atoms with E-state index in [0.29, 0.717) is 27.0 Å². The predicted octanol–water partition coefficient (Wildman–Crippen LogP) is 6.78. The third kappa shape index (κ3) is 3.88. The van der Waals surface area contributed by atoms with Crippen LogP contribution in [0.2, 0.25) is 5.02 Å². The fourth-order valence-electron chi connectivity index (χ4n) is 3.75. The summed E-state index contributed by atoms with van der Waals surface area (Å²) < 4.78 is 14.8. The highest BCUT2D eigenvalue weighted by atomic mass is 35.5. The lowest BCUT2D eigenvalue weighted by Gasteiger charge is -2.23. The average Bonchev–Trinajstić information content (AvgIpc) is 2.66. The summed E-state index contributed by atoms with van der Waals surface area (Å²) in [4.78, 5) is 13.9. The van der Waals surface area contributed by atoms with E-state index in [1.807, 2.05) is 64.1 Å². The lowest BCUT2D eigenvalue weighted by molar-refractivity contribution is 0.107. The van der Waals surface area contributed by atoms with E-state index in [4.69, 9.17) is 23.8 Å². The highest BCUT2D eigenvalue weighted by Gasteiger charge is 2.43. The van der Waals surface area contributed by atoms with Gasteiger partial charge < -0.3 is 4.57 Å². The van der Waals surface area contributed by atoms with Crippen molar-refractivity contribution in [2.45, 2.75) is 27.7 Å². The molecule has 148 valence electrons. The summed E-state index contributed by atoms with van der Waals surface area (Å²) in [7, 11) is -3.88. The Labute approximate surface area is 182 Å². The van der Waals surface area contributed by atoms with Crippen molar-refractivity contribution in [1.82, 2.24) is 0 Å². The van der Waals surface area contributed by atoms with Crippen molar-refractivity contribution in [2.75, 3.05) is 0 Å². The number of rotatable bonds is 5. The molecule has 0 aromatic heterocycles. The standard InChI is InChI=1S/C24H22ClO2PS/c1-15-13-17(3)21(18(4)14-15)23(26)28(27,22-16(2)9-8-12-20(22)25)24(29)19-10-6-5-7-11-19/h5-14H,1-4H3. The monoisotopic (exact) mass is 440 g/mol. The molecule has 0 saturated heterocycles. The minimum absolute atomic E-state index is 0.138. The molecule has 0 heterocycles. The zero-order valence-electron chi connectivity index (χ0n) is 16.8. The quantitative estimate of drug-likeness (QED) is 0.324. The van der Waals surface area contributed by atoms with E-state index in [9.17, 15) is 9.36 Å². The van der Waals surface area contributed by atoms with Crippen LogP contribution in [0.3, 0.4) is 0 Å². The lowest BCUT2D eigenvalue weighted by Crippen LogP contribution is -2.24. The van der Waals surface area contributed by atoms with Gasteiger partial charge in [-0.3, -0.25) is 4.79 Å². The first-order valence-electron chi connectivity index (χ1n) is 9.26. The maximum absolute atomic E-state index is 14.7. The Hall–Kier alpha value is -2.06. The molecule has 29 heavy (non-hydrogen) atoms. The number of thiocarbonyl (C=S) groups is 1. The molecule has 0 aliphatic carbocycles. The number of halogens is 1. The van der Waals surface area contributed by atoms with Gasteiger partial charge in [0.1, 0.15) is 0 Å². The van der Waals surface area contributed by atoms with Gasteiger partial charge in [-0.15, -0.1) is 0 Å². The molecule has 3 aromatic rings. The maximum atomic E-state index is 14.7. The van der Waals surface area contributed by atoms with Crippen molar-refractivity contribution in [1.29, 1.82) is 0 Å². The minimum atomic E-state index is -3.88. The Morgan fingerprint density at radius 1 is 0.862 bits per heavy atom. The van der Waals surface area contributed by atoms with Crippen LogP contribution in [0.15, 0.2) is 60.7 Å². The highest BCUT2D eigenvalue weighted by molar-refractivity contribution is 8.13. The van der Waals surface area contributed by atoms with Gasteiger partial charge in [-0.25, -0.2) is 0 Å². The third-order valence-corrected chi connectivity index (χ3v) is 9.29. The van der Waals surface area contributed by atoms with Gasteiger partial charge >= 0.3 is 0 Å². The van der Waals surface area contributed by atoms with Crippen LogP contribution in [-0.4, -0.2) is 10.1 Å². The molecule has 0 radical (unpaired) electrons. The molecular weight excluding hydrogens is 419 g/mol. The van der Waals surface area contributed by atoms with Crippen LogP contribution in [0.5, 0.6) is 0 Å². The normalized spacial score (nSPS) is 13.0. The second-order valence-corrected chi connectivity index (χ2v) is 10.9. The van der Waals surface area contributed by atoms with Crippen LogP contribution in [0.4, 0.5) is 0 Å². The van der Waals surface area contributed by atoms with Gasteiger partial charge in [-0.05, 0) is 56.0 Å². The van der Waals surface area contributed by atoms with Crippen LogP contribution in [0.25, 0.3) is 0 Å². The Morgan fingerprint density at radius 2 is 1.45 bits per heavy atom. The highest BCUT2D eigenvalue weighted by Crippen LogP contribution is 2.54. The number of benzene rings is 3. The number of carbonyl (C=O) groups is 1. The number of hydrogen-bond acceptors (Lipinski definition) is 3. The molecule has 3 aromatic carbocycles. The maximum Gasteiger partial charge on any atom is 0.231 e. The summed E-state index contributed by atoms with van der Waals surface area (Å²) >= 11 is 12.2. The van der Waals surface area contributed by atoms with E-state index in [1.54, 1.807) is 24.3 Å². The van der Waals surface area contributed by atoms with Crippen LogP contribution in [0, 0.1) is 27.7 Å². The topological polar surface area (TPSA) is 34.1 Å². The van der Waals surface area contributed by atoms with Crippen molar-refractivity contribution in [2.24, 2.45) is 0 Å². The van der Waals surface area contributed by atoms with Crippen LogP contribution < -0.4 is 5.30 Å². The van der Waals surface area contributed by atoms with Gasteiger partial charge in [0.25, 0.3) is 0 Å². The summed E-state index contributed by atoms with van der Waals surface area (Å²) in [5.41, 5.74) is 3.90. The lowest BCUT2D eigenvalue weighted by atomic mass is 10.0. The fourth-order valence-corrected chi connectivity index (χ4v) is 7.71. The predicted molar refractivity (Wildman–Crippen MR) is 127 cm³/mol. The molecule has 1 unspecified atom stereocenters. The molecule has 0 saturated carbocycles. The smallest absolute Gasteiger partial charge is 0.231 e. The van der Waals surface area contributed by atoms with Crippen molar-refractivity contribution in [3.63, 3.8) is 0 Å². The molecule has 0 aliphatic heterocycles. The van der Waals surface area contributed by atoms with Crippen LogP contribution in [-0.2, 0) is 4.57 Å². The Balaban J connectivity index is 2.35. The first-order valence-corrected chi connectivity index (χ1v) is 11.8. The third-order valence-electron chi connectivity index (χ3n) is 4.99. The molecule has 0 N–H and O–H groups in total. The van der Waals surface area contributed by atoms with Crippen molar-refractivity contribution < 1.29 is 9.36 Å². The van der Waals surface area contributed by atoms with Gasteiger partial charge in [-0.2, -0.15) is 0 Å². The van der Waals surface area contributed by atoms with Gasteiger partial charge in [0, 0.05) is 10.9 Å². The van der Waals surface area contributed by atoms with E-state index < -0.39 is 12.7 Å².